The Morgan fingerprint density at radius 1 is 0.743 bits per heavy atom. The van der Waals surface area contributed by atoms with Gasteiger partial charge in [-0.15, -0.1) is 0 Å². The molecule has 0 aliphatic heterocycles. The van der Waals surface area contributed by atoms with Gasteiger partial charge in [0.05, 0.1) is 0 Å². The van der Waals surface area contributed by atoms with Gasteiger partial charge in [-0.05, 0) is 70.7 Å². The molecule has 0 saturated carbocycles. The Morgan fingerprint density at radius 3 is 1.83 bits per heavy atom. The molecular weight excluding hydrogens is 450 g/mol. The van der Waals surface area contributed by atoms with E-state index in [1.807, 2.05) is 0 Å². The van der Waals surface area contributed by atoms with Crippen molar-refractivity contribution >= 4 is 23.4 Å². The predicted molar refractivity (Wildman–Crippen MR) is 146 cm³/mol. The minimum atomic E-state index is 0. The lowest BCUT2D eigenvalue weighted by molar-refractivity contribution is -0.348. The Hall–Kier alpha value is -3.30. The molecule has 0 bridgehead atoms. The highest BCUT2D eigenvalue weighted by Gasteiger charge is 2.24. The van der Waals surface area contributed by atoms with E-state index in [9.17, 15) is 0 Å². The molecule has 1 heterocycles. The van der Waals surface area contributed by atoms with E-state index in [0.29, 0.717) is 0 Å². The minimum absolute atomic E-state index is 0. The summed E-state index contributed by atoms with van der Waals surface area (Å²) in [6.45, 7) is 15.4. The molecule has 0 saturated heterocycles. The first-order valence-corrected chi connectivity index (χ1v) is 12.1. The van der Waals surface area contributed by atoms with Crippen molar-refractivity contribution in [1.82, 2.24) is 4.57 Å². The Kier molecular flexibility index (Phi) is 8.24. The molecule has 4 aromatic rings. The summed E-state index contributed by atoms with van der Waals surface area (Å²) in [6.07, 6.45) is 2.17. The molecule has 3 aromatic carbocycles. The van der Waals surface area contributed by atoms with Gasteiger partial charge in [0.2, 0.25) is 5.69 Å². The van der Waals surface area contributed by atoms with Gasteiger partial charge >= 0.3 is 0 Å². The van der Waals surface area contributed by atoms with Crippen molar-refractivity contribution in [3.05, 3.63) is 100 Å². The van der Waals surface area contributed by atoms with E-state index in [2.05, 4.69) is 136 Å². The largest absolute Gasteiger partial charge is 1.00 e. The number of rotatable bonds is 6. The third-order valence-corrected chi connectivity index (χ3v) is 6.63. The third-order valence-electron chi connectivity index (χ3n) is 6.63. The zero-order valence-electron chi connectivity index (χ0n) is 21.8. The molecule has 0 amide bonds. The lowest BCUT2D eigenvalue weighted by Gasteiger charge is -2.20. The number of anilines is 2. The molecule has 2 N–H and O–H groups in total. The lowest BCUT2D eigenvalue weighted by atomic mass is 10.0. The summed E-state index contributed by atoms with van der Waals surface area (Å²) in [5.41, 5.74) is 12.2. The standard InChI is InChI=1S/C31H35N3.ClH/c1-20(2)34-27(19-32-29-21(3)13-11-14-22(29)4)25(7)28(26-17-9-8-10-18-26)31(34)33-30-23(5)15-12-16-24(30)6;/h8-20,33H,1-7H3;1H. The third kappa shape index (κ3) is 5.21. The van der Waals surface area contributed by atoms with Gasteiger partial charge in [0.15, 0.2) is 6.21 Å². The van der Waals surface area contributed by atoms with Crippen LogP contribution in [0.1, 0.15) is 53.4 Å². The van der Waals surface area contributed by atoms with Crippen molar-refractivity contribution in [2.45, 2.75) is 54.5 Å². The van der Waals surface area contributed by atoms with Gasteiger partial charge < -0.3 is 22.3 Å². The lowest BCUT2D eigenvalue weighted by Crippen LogP contribution is -3.00. The molecule has 0 radical (unpaired) electrons. The molecule has 4 heteroatoms. The fourth-order valence-electron chi connectivity index (χ4n) is 4.83. The summed E-state index contributed by atoms with van der Waals surface area (Å²) in [6, 6.07) is 23.8. The number of halogens is 1. The van der Waals surface area contributed by atoms with Gasteiger partial charge in [-0.25, -0.2) is 4.99 Å². The first kappa shape index (κ1) is 26.3. The zero-order chi connectivity index (χ0) is 24.4. The number of hydrogen-bond acceptors (Lipinski definition) is 1. The first-order chi connectivity index (χ1) is 16.3. The highest BCUT2D eigenvalue weighted by molar-refractivity contribution is 5.91. The average Bonchev–Trinajstić information content (AvgIpc) is 3.08. The number of benzene rings is 3. The first-order valence-electron chi connectivity index (χ1n) is 12.1. The number of hydrogen-bond donors (Lipinski definition) is 2. The van der Waals surface area contributed by atoms with Crippen molar-refractivity contribution in [1.29, 1.82) is 0 Å². The van der Waals surface area contributed by atoms with Gasteiger partial charge in [-0.1, -0.05) is 66.7 Å². The SMILES string of the molecule is Cc1cccc(C)c1Nc1c(-c2ccccc2)c(C)c(C=[NH+]c2c(C)cccc2C)n1C(C)C.[Cl-]. The Balaban J connectivity index is 0.00000342. The van der Waals surface area contributed by atoms with Crippen molar-refractivity contribution in [2.75, 3.05) is 5.32 Å². The van der Waals surface area contributed by atoms with Crippen LogP contribution in [0.5, 0.6) is 0 Å². The Labute approximate surface area is 216 Å². The van der Waals surface area contributed by atoms with Crippen LogP contribution < -0.4 is 22.7 Å². The summed E-state index contributed by atoms with van der Waals surface area (Å²) in [5, 5.41) is 3.85. The van der Waals surface area contributed by atoms with E-state index >= 15 is 0 Å². The molecule has 1 aromatic heterocycles. The van der Waals surface area contributed by atoms with Crippen LogP contribution >= 0.6 is 0 Å². The van der Waals surface area contributed by atoms with Crippen molar-refractivity contribution in [3.63, 3.8) is 0 Å². The van der Waals surface area contributed by atoms with Crippen LogP contribution in [0.3, 0.4) is 0 Å². The zero-order valence-corrected chi connectivity index (χ0v) is 22.6. The monoisotopic (exact) mass is 485 g/mol. The van der Waals surface area contributed by atoms with Crippen LogP contribution in [0.25, 0.3) is 11.1 Å². The van der Waals surface area contributed by atoms with Crippen LogP contribution in [0.4, 0.5) is 17.2 Å². The Bertz CT molecular complexity index is 1310. The second kappa shape index (κ2) is 11.0. The molecule has 3 nitrogen and oxygen atoms in total. The van der Waals surface area contributed by atoms with Crippen LogP contribution in [0.15, 0.2) is 66.7 Å². The second-order valence-electron chi connectivity index (χ2n) is 9.51. The van der Waals surface area contributed by atoms with Crippen LogP contribution in [0, 0.1) is 34.6 Å². The Morgan fingerprint density at radius 2 is 1.29 bits per heavy atom. The van der Waals surface area contributed by atoms with Crippen molar-refractivity contribution in [2.24, 2.45) is 0 Å². The van der Waals surface area contributed by atoms with Gasteiger partial charge in [0, 0.05) is 28.4 Å². The number of nitrogens with zero attached hydrogens (tertiary/aromatic N) is 1. The van der Waals surface area contributed by atoms with Crippen molar-refractivity contribution < 1.29 is 17.4 Å². The molecule has 0 aliphatic rings. The number of nitrogens with one attached hydrogen (secondary N) is 2. The van der Waals surface area contributed by atoms with Crippen molar-refractivity contribution in [3.8, 4) is 11.1 Å². The van der Waals surface area contributed by atoms with Gasteiger partial charge in [0.25, 0.3) is 0 Å². The topological polar surface area (TPSA) is 30.9 Å². The summed E-state index contributed by atoms with van der Waals surface area (Å²) in [4.78, 5) is 3.64. The maximum absolute atomic E-state index is 3.85. The van der Waals surface area contributed by atoms with Crippen LogP contribution in [-0.4, -0.2) is 10.8 Å². The normalized spacial score (nSPS) is 11.2. The van der Waals surface area contributed by atoms with Gasteiger partial charge in [0.1, 0.15) is 11.5 Å². The second-order valence-corrected chi connectivity index (χ2v) is 9.51. The predicted octanol–water partition coefficient (Wildman–Crippen LogP) is 3.86. The van der Waals surface area contributed by atoms with E-state index in [1.165, 1.54) is 56.0 Å². The van der Waals surface area contributed by atoms with Gasteiger partial charge in [-0.3, -0.25) is 0 Å². The van der Waals surface area contributed by atoms with E-state index in [1.54, 1.807) is 0 Å². The molecule has 0 atom stereocenters. The van der Waals surface area contributed by atoms with E-state index in [0.717, 1.165) is 5.82 Å². The molecule has 182 valence electrons. The molecule has 0 fully saturated rings. The fraction of sp³-hybridized carbons (Fsp3) is 0.258. The fourth-order valence-corrected chi connectivity index (χ4v) is 4.83. The van der Waals surface area contributed by atoms with Gasteiger partial charge in [-0.2, -0.15) is 0 Å². The quantitative estimate of drug-likeness (QED) is 0.399. The molecule has 35 heavy (non-hydrogen) atoms. The highest BCUT2D eigenvalue weighted by atomic mass is 35.5. The van der Waals surface area contributed by atoms with E-state index in [4.69, 9.17) is 0 Å². The summed E-state index contributed by atoms with van der Waals surface area (Å²) in [5.74, 6) is 1.13. The number of aromatic nitrogens is 1. The maximum Gasteiger partial charge on any atom is 0.209 e. The minimum Gasteiger partial charge on any atom is -1.00 e. The molecule has 0 aliphatic carbocycles. The average molecular weight is 486 g/mol. The highest BCUT2D eigenvalue weighted by Crippen LogP contribution is 2.40. The smallest absolute Gasteiger partial charge is 0.209 e. The molecule has 0 unspecified atom stereocenters. The molecular formula is C31H36ClN3. The van der Waals surface area contributed by atoms with E-state index in [-0.39, 0.29) is 18.4 Å². The molecule has 0 spiro atoms. The summed E-state index contributed by atoms with van der Waals surface area (Å²) in [7, 11) is 0. The van der Waals surface area contributed by atoms with Crippen LogP contribution in [0.2, 0.25) is 0 Å². The summed E-state index contributed by atoms with van der Waals surface area (Å²) >= 11 is 0. The number of aryl methyl sites for hydroxylation is 4. The molecule has 4 rings (SSSR count). The number of para-hydroxylation sites is 2. The van der Waals surface area contributed by atoms with E-state index < -0.39 is 0 Å². The van der Waals surface area contributed by atoms with Crippen LogP contribution in [-0.2, 0) is 0 Å². The summed E-state index contributed by atoms with van der Waals surface area (Å²) < 4.78 is 2.42. The maximum atomic E-state index is 3.85.